The lowest BCUT2D eigenvalue weighted by Gasteiger charge is -2.12. The van der Waals surface area contributed by atoms with E-state index in [-0.39, 0.29) is 11.9 Å². The maximum atomic E-state index is 12.4. The van der Waals surface area contributed by atoms with Gasteiger partial charge in [-0.15, -0.1) is 5.10 Å². The van der Waals surface area contributed by atoms with E-state index in [2.05, 4.69) is 15.4 Å². The standard InChI is InChI=1S/C17H18N4O2/c1-3-23-16-10-9-15-19-14(11-21(15)20-16)17(22)18-12(2)13-7-5-4-6-8-13/h4-12H,3H2,1-2H3,(H,18,22)/t12-/m1/s1. The van der Waals surface area contributed by atoms with Crippen LogP contribution in [0.4, 0.5) is 0 Å². The van der Waals surface area contributed by atoms with Gasteiger partial charge in [-0.3, -0.25) is 4.79 Å². The second kappa shape index (κ2) is 6.48. The summed E-state index contributed by atoms with van der Waals surface area (Å²) >= 11 is 0. The predicted molar refractivity (Wildman–Crippen MR) is 86.5 cm³/mol. The third-order valence-corrected chi connectivity index (χ3v) is 3.47. The van der Waals surface area contributed by atoms with Crippen molar-refractivity contribution in [3.63, 3.8) is 0 Å². The van der Waals surface area contributed by atoms with Crippen molar-refractivity contribution in [2.75, 3.05) is 6.61 Å². The Labute approximate surface area is 134 Å². The molecule has 0 bridgehead atoms. The van der Waals surface area contributed by atoms with E-state index in [4.69, 9.17) is 4.74 Å². The Morgan fingerprint density at radius 1 is 1.26 bits per heavy atom. The lowest BCUT2D eigenvalue weighted by atomic mass is 10.1. The normalized spacial score (nSPS) is 12.1. The van der Waals surface area contributed by atoms with Gasteiger partial charge in [0, 0.05) is 6.07 Å². The molecule has 1 atom stereocenters. The summed E-state index contributed by atoms with van der Waals surface area (Å²) in [5.74, 6) is 0.270. The molecule has 0 saturated heterocycles. The van der Waals surface area contributed by atoms with Crippen LogP contribution in [-0.2, 0) is 0 Å². The van der Waals surface area contributed by atoms with Crippen molar-refractivity contribution in [2.24, 2.45) is 0 Å². The molecule has 2 aromatic heterocycles. The highest BCUT2D eigenvalue weighted by molar-refractivity contribution is 5.93. The second-order valence-corrected chi connectivity index (χ2v) is 5.14. The molecule has 1 N–H and O–H groups in total. The Bertz CT molecular complexity index is 814. The Morgan fingerprint density at radius 2 is 2.04 bits per heavy atom. The summed E-state index contributed by atoms with van der Waals surface area (Å²) in [4.78, 5) is 16.7. The number of nitrogens with zero attached hydrogens (tertiary/aromatic N) is 3. The molecule has 2 heterocycles. The van der Waals surface area contributed by atoms with Crippen LogP contribution in [0.25, 0.3) is 5.65 Å². The molecule has 0 aliphatic rings. The molecule has 0 unspecified atom stereocenters. The van der Waals surface area contributed by atoms with Crippen LogP contribution in [0.15, 0.2) is 48.7 Å². The van der Waals surface area contributed by atoms with Gasteiger partial charge < -0.3 is 10.1 Å². The first-order valence-electron chi connectivity index (χ1n) is 7.52. The summed E-state index contributed by atoms with van der Waals surface area (Å²) < 4.78 is 6.89. The zero-order valence-corrected chi connectivity index (χ0v) is 13.1. The van der Waals surface area contributed by atoms with E-state index in [9.17, 15) is 4.79 Å². The number of benzene rings is 1. The number of ether oxygens (including phenoxy) is 1. The lowest BCUT2D eigenvalue weighted by Crippen LogP contribution is -2.26. The minimum atomic E-state index is -0.232. The van der Waals surface area contributed by atoms with Crippen molar-refractivity contribution in [2.45, 2.75) is 19.9 Å². The molecule has 0 radical (unpaired) electrons. The van der Waals surface area contributed by atoms with Crippen molar-refractivity contribution >= 4 is 11.6 Å². The maximum absolute atomic E-state index is 12.4. The number of carbonyl (C=O) groups is 1. The van der Waals surface area contributed by atoms with Gasteiger partial charge in [0.25, 0.3) is 5.91 Å². The zero-order valence-electron chi connectivity index (χ0n) is 13.1. The van der Waals surface area contributed by atoms with E-state index in [0.717, 1.165) is 5.56 Å². The minimum Gasteiger partial charge on any atom is -0.477 e. The Kier molecular flexibility index (Phi) is 4.23. The maximum Gasteiger partial charge on any atom is 0.272 e. The molecule has 1 amide bonds. The van der Waals surface area contributed by atoms with Crippen LogP contribution in [0, 0.1) is 0 Å². The molecule has 6 heteroatoms. The molecule has 0 fully saturated rings. The molecule has 3 aromatic rings. The third kappa shape index (κ3) is 3.31. The van der Waals surface area contributed by atoms with Gasteiger partial charge in [0.15, 0.2) is 5.65 Å². The summed E-state index contributed by atoms with van der Waals surface area (Å²) in [6.45, 7) is 4.37. The number of aromatic nitrogens is 3. The summed E-state index contributed by atoms with van der Waals surface area (Å²) in [6.07, 6.45) is 1.60. The Morgan fingerprint density at radius 3 is 2.78 bits per heavy atom. The van der Waals surface area contributed by atoms with Crippen molar-refractivity contribution < 1.29 is 9.53 Å². The molecule has 3 rings (SSSR count). The van der Waals surface area contributed by atoms with Crippen molar-refractivity contribution in [1.82, 2.24) is 19.9 Å². The number of nitrogens with one attached hydrogen (secondary N) is 1. The Hall–Kier alpha value is -2.89. The van der Waals surface area contributed by atoms with E-state index in [1.807, 2.05) is 44.2 Å². The molecule has 23 heavy (non-hydrogen) atoms. The smallest absolute Gasteiger partial charge is 0.272 e. The predicted octanol–water partition coefficient (Wildman–Crippen LogP) is 2.62. The fourth-order valence-corrected chi connectivity index (χ4v) is 2.29. The number of rotatable bonds is 5. The van der Waals surface area contributed by atoms with Crippen LogP contribution in [0.2, 0.25) is 0 Å². The van der Waals surface area contributed by atoms with Crippen LogP contribution < -0.4 is 10.1 Å². The van der Waals surface area contributed by atoms with E-state index in [1.165, 1.54) is 0 Å². The molecular formula is C17H18N4O2. The largest absolute Gasteiger partial charge is 0.477 e. The van der Waals surface area contributed by atoms with Crippen molar-refractivity contribution in [3.05, 3.63) is 59.9 Å². The van der Waals surface area contributed by atoms with E-state index >= 15 is 0 Å². The fraction of sp³-hybridized carbons (Fsp3) is 0.235. The summed E-state index contributed by atoms with van der Waals surface area (Å²) in [6, 6.07) is 13.2. The molecule has 0 saturated carbocycles. The van der Waals surface area contributed by atoms with E-state index < -0.39 is 0 Å². The van der Waals surface area contributed by atoms with Gasteiger partial charge in [-0.2, -0.15) is 0 Å². The molecule has 0 spiro atoms. The number of amides is 1. The molecule has 118 valence electrons. The average molecular weight is 310 g/mol. The SMILES string of the molecule is CCOc1ccc2nc(C(=O)N[C@H](C)c3ccccc3)cn2n1. The highest BCUT2D eigenvalue weighted by Gasteiger charge is 2.15. The van der Waals surface area contributed by atoms with E-state index in [0.29, 0.717) is 23.8 Å². The topological polar surface area (TPSA) is 68.5 Å². The number of fused-ring (bicyclic) bond motifs is 1. The Balaban J connectivity index is 1.78. The first kappa shape index (κ1) is 15.0. The summed E-state index contributed by atoms with van der Waals surface area (Å²) in [5, 5.41) is 7.20. The van der Waals surface area contributed by atoms with Crippen LogP contribution in [0.1, 0.15) is 35.9 Å². The van der Waals surface area contributed by atoms with Crippen LogP contribution >= 0.6 is 0 Å². The third-order valence-electron chi connectivity index (χ3n) is 3.47. The highest BCUT2D eigenvalue weighted by atomic mass is 16.5. The molecule has 0 aliphatic heterocycles. The first-order chi connectivity index (χ1) is 11.2. The van der Waals surface area contributed by atoms with Gasteiger partial charge >= 0.3 is 0 Å². The van der Waals surface area contributed by atoms with Gasteiger partial charge in [0.2, 0.25) is 5.88 Å². The average Bonchev–Trinajstić information content (AvgIpc) is 2.99. The minimum absolute atomic E-state index is 0.0968. The van der Waals surface area contributed by atoms with Crippen LogP contribution in [0.3, 0.4) is 0 Å². The monoisotopic (exact) mass is 310 g/mol. The van der Waals surface area contributed by atoms with Gasteiger partial charge in [-0.1, -0.05) is 30.3 Å². The number of imidazole rings is 1. The number of hydrogen-bond donors (Lipinski definition) is 1. The molecular weight excluding hydrogens is 292 g/mol. The fourth-order valence-electron chi connectivity index (χ4n) is 2.29. The highest BCUT2D eigenvalue weighted by Crippen LogP contribution is 2.13. The van der Waals surface area contributed by atoms with Gasteiger partial charge in [0.05, 0.1) is 18.8 Å². The first-order valence-corrected chi connectivity index (χ1v) is 7.52. The molecule has 1 aromatic carbocycles. The lowest BCUT2D eigenvalue weighted by molar-refractivity contribution is 0.0935. The van der Waals surface area contributed by atoms with E-state index in [1.54, 1.807) is 22.8 Å². The van der Waals surface area contributed by atoms with Gasteiger partial charge in [-0.25, -0.2) is 9.50 Å². The van der Waals surface area contributed by atoms with Crippen molar-refractivity contribution in [3.8, 4) is 5.88 Å². The summed E-state index contributed by atoms with van der Waals surface area (Å²) in [5.41, 5.74) is 1.97. The van der Waals surface area contributed by atoms with Crippen molar-refractivity contribution in [1.29, 1.82) is 0 Å². The zero-order chi connectivity index (χ0) is 16.2. The second-order valence-electron chi connectivity index (χ2n) is 5.14. The quantitative estimate of drug-likeness (QED) is 0.786. The molecule has 6 nitrogen and oxygen atoms in total. The van der Waals surface area contributed by atoms with Gasteiger partial charge in [-0.05, 0) is 25.5 Å². The van der Waals surface area contributed by atoms with Crippen LogP contribution in [0.5, 0.6) is 5.88 Å². The number of hydrogen-bond acceptors (Lipinski definition) is 4. The number of carbonyl (C=O) groups excluding carboxylic acids is 1. The van der Waals surface area contributed by atoms with Gasteiger partial charge in [0.1, 0.15) is 5.69 Å². The van der Waals surface area contributed by atoms with Crippen LogP contribution in [-0.4, -0.2) is 27.1 Å². The summed E-state index contributed by atoms with van der Waals surface area (Å²) in [7, 11) is 0. The molecule has 0 aliphatic carbocycles.